The molecule has 0 saturated carbocycles. The van der Waals surface area contributed by atoms with Crippen LogP contribution in [0, 0.1) is 0 Å². The first-order valence-corrected chi connectivity index (χ1v) is 7.76. The molecule has 0 fully saturated rings. The van der Waals surface area contributed by atoms with Crippen molar-refractivity contribution >= 4 is 11.1 Å². The SMILES string of the molecule is COc1ccc(C(C)=C(c2ccccc2)c2ccccc2)cc1. The topological polar surface area (TPSA) is 9.23 Å². The van der Waals surface area contributed by atoms with Gasteiger partial charge in [-0.1, -0.05) is 72.8 Å². The Bertz CT molecular complexity index is 743. The lowest BCUT2D eigenvalue weighted by Gasteiger charge is -2.14. The summed E-state index contributed by atoms with van der Waals surface area (Å²) in [7, 11) is 1.69. The van der Waals surface area contributed by atoms with Gasteiger partial charge in [-0.15, -0.1) is 0 Å². The molecule has 3 aromatic carbocycles. The van der Waals surface area contributed by atoms with E-state index in [-0.39, 0.29) is 0 Å². The first kappa shape index (κ1) is 15.1. The molecule has 0 aliphatic carbocycles. The van der Waals surface area contributed by atoms with E-state index in [1.165, 1.54) is 27.8 Å². The lowest BCUT2D eigenvalue weighted by molar-refractivity contribution is 0.415. The third-order valence-corrected chi connectivity index (χ3v) is 4.02. The molecule has 3 aromatic rings. The smallest absolute Gasteiger partial charge is 0.118 e. The summed E-state index contributed by atoms with van der Waals surface area (Å²) < 4.78 is 5.26. The Morgan fingerprint density at radius 2 is 1.09 bits per heavy atom. The second-order valence-corrected chi connectivity index (χ2v) is 5.46. The van der Waals surface area contributed by atoms with E-state index in [0.717, 1.165) is 5.75 Å². The van der Waals surface area contributed by atoms with Crippen LogP contribution in [0.15, 0.2) is 84.9 Å². The number of allylic oxidation sites excluding steroid dienone is 1. The molecule has 0 saturated heterocycles. The zero-order valence-electron chi connectivity index (χ0n) is 13.5. The molecule has 0 bridgehead atoms. The second kappa shape index (κ2) is 6.97. The van der Waals surface area contributed by atoms with Crippen LogP contribution in [0.3, 0.4) is 0 Å². The molecule has 1 heteroatoms. The van der Waals surface area contributed by atoms with E-state index in [1.807, 2.05) is 12.1 Å². The molecule has 0 aliphatic rings. The Kier molecular flexibility index (Phi) is 4.58. The van der Waals surface area contributed by atoms with Gasteiger partial charge >= 0.3 is 0 Å². The summed E-state index contributed by atoms with van der Waals surface area (Å²) in [5.41, 5.74) is 6.17. The van der Waals surface area contributed by atoms with E-state index in [0.29, 0.717) is 0 Å². The molecule has 0 atom stereocenters. The molecule has 0 unspecified atom stereocenters. The Labute approximate surface area is 137 Å². The van der Waals surface area contributed by atoms with Gasteiger partial charge in [-0.2, -0.15) is 0 Å². The van der Waals surface area contributed by atoms with E-state index in [1.54, 1.807) is 7.11 Å². The van der Waals surface area contributed by atoms with Gasteiger partial charge in [0.15, 0.2) is 0 Å². The highest BCUT2D eigenvalue weighted by molar-refractivity contribution is 5.97. The largest absolute Gasteiger partial charge is 0.497 e. The first-order chi connectivity index (χ1) is 11.3. The van der Waals surface area contributed by atoms with E-state index in [2.05, 4.69) is 79.7 Å². The fraction of sp³-hybridized carbons (Fsp3) is 0.0909. The molecule has 0 radical (unpaired) electrons. The number of hydrogen-bond acceptors (Lipinski definition) is 1. The number of benzene rings is 3. The van der Waals surface area contributed by atoms with Crippen LogP contribution in [0.25, 0.3) is 11.1 Å². The monoisotopic (exact) mass is 300 g/mol. The highest BCUT2D eigenvalue weighted by atomic mass is 16.5. The molecule has 114 valence electrons. The van der Waals surface area contributed by atoms with Crippen LogP contribution in [0.1, 0.15) is 23.6 Å². The van der Waals surface area contributed by atoms with E-state index in [9.17, 15) is 0 Å². The van der Waals surface area contributed by atoms with Gasteiger partial charge in [0.25, 0.3) is 0 Å². The second-order valence-electron chi connectivity index (χ2n) is 5.46. The predicted molar refractivity (Wildman–Crippen MR) is 97.5 cm³/mol. The van der Waals surface area contributed by atoms with Gasteiger partial charge in [0.1, 0.15) is 5.75 Å². The van der Waals surface area contributed by atoms with Crippen LogP contribution < -0.4 is 4.74 Å². The zero-order valence-corrected chi connectivity index (χ0v) is 13.5. The molecular formula is C22H20O. The molecule has 0 spiro atoms. The predicted octanol–water partition coefficient (Wildman–Crippen LogP) is 5.67. The highest BCUT2D eigenvalue weighted by Gasteiger charge is 2.10. The Hall–Kier alpha value is -2.80. The van der Waals surface area contributed by atoms with Crippen LogP contribution in [-0.2, 0) is 0 Å². The highest BCUT2D eigenvalue weighted by Crippen LogP contribution is 2.32. The fourth-order valence-electron chi connectivity index (χ4n) is 2.79. The average Bonchev–Trinajstić information content (AvgIpc) is 2.64. The van der Waals surface area contributed by atoms with Crippen LogP contribution in [0.5, 0.6) is 5.75 Å². The Morgan fingerprint density at radius 3 is 1.52 bits per heavy atom. The maximum Gasteiger partial charge on any atom is 0.118 e. The van der Waals surface area contributed by atoms with Gasteiger partial charge in [0.05, 0.1) is 7.11 Å². The number of ether oxygens (including phenoxy) is 1. The van der Waals surface area contributed by atoms with E-state index >= 15 is 0 Å². The molecule has 0 aromatic heterocycles. The number of rotatable bonds is 4. The summed E-state index contributed by atoms with van der Waals surface area (Å²) in [5, 5.41) is 0. The van der Waals surface area contributed by atoms with Crippen molar-refractivity contribution in [1.82, 2.24) is 0 Å². The van der Waals surface area contributed by atoms with E-state index in [4.69, 9.17) is 4.74 Å². The average molecular weight is 300 g/mol. The summed E-state index contributed by atoms with van der Waals surface area (Å²) in [6.45, 7) is 2.18. The molecule has 3 rings (SSSR count). The normalized spacial score (nSPS) is 10.2. The molecule has 0 amide bonds. The minimum Gasteiger partial charge on any atom is -0.497 e. The minimum absolute atomic E-state index is 0.877. The maximum atomic E-state index is 5.26. The maximum absolute atomic E-state index is 5.26. The van der Waals surface area contributed by atoms with Crippen molar-refractivity contribution in [1.29, 1.82) is 0 Å². The van der Waals surface area contributed by atoms with Gasteiger partial charge in [0.2, 0.25) is 0 Å². The van der Waals surface area contributed by atoms with Crippen molar-refractivity contribution in [3.8, 4) is 5.75 Å². The van der Waals surface area contributed by atoms with Crippen LogP contribution in [0.4, 0.5) is 0 Å². The van der Waals surface area contributed by atoms with Crippen molar-refractivity contribution in [3.05, 3.63) is 102 Å². The summed E-state index contributed by atoms with van der Waals surface area (Å²) in [6.07, 6.45) is 0. The van der Waals surface area contributed by atoms with Crippen molar-refractivity contribution < 1.29 is 4.74 Å². The lowest BCUT2D eigenvalue weighted by Crippen LogP contribution is -1.93. The Morgan fingerprint density at radius 1 is 0.609 bits per heavy atom. The molecule has 0 N–H and O–H groups in total. The first-order valence-electron chi connectivity index (χ1n) is 7.76. The van der Waals surface area contributed by atoms with E-state index < -0.39 is 0 Å². The summed E-state index contributed by atoms with van der Waals surface area (Å²) in [6, 6.07) is 29.3. The van der Waals surface area contributed by atoms with Crippen LogP contribution in [0.2, 0.25) is 0 Å². The quantitative estimate of drug-likeness (QED) is 0.564. The number of hydrogen-bond donors (Lipinski definition) is 0. The van der Waals surface area contributed by atoms with Gasteiger partial charge < -0.3 is 4.74 Å². The van der Waals surface area contributed by atoms with Crippen molar-refractivity contribution in [2.24, 2.45) is 0 Å². The van der Waals surface area contributed by atoms with Gasteiger partial charge in [0, 0.05) is 0 Å². The lowest BCUT2D eigenvalue weighted by atomic mass is 9.90. The third-order valence-electron chi connectivity index (χ3n) is 4.02. The van der Waals surface area contributed by atoms with Crippen LogP contribution in [-0.4, -0.2) is 7.11 Å². The molecule has 0 aliphatic heterocycles. The van der Waals surface area contributed by atoms with Crippen molar-refractivity contribution in [2.45, 2.75) is 6.92 Å². The standard InChI is InChI=1S/C22H20O/c1-17(18-13-15-21(23-2)16-14-18)22(19-9-5-3-6-10-19)20-11-7-4-8-12-20/h3-16H,1-2H3. The van der Waals surface area contributed by atoms with Gasteiger partial charge in [-0.05, 0) is 46.9 Å². The molecule has 1 nitrogen and oxygen atoms in total. The Balaban J connectivity index is 2.16. The minimum atomic E-state index is 0.877. The molecule has 23 heavy (non-hydrogen) atoms. The van der Waals surface area contributed by atoms with Crippen LogP contribution >= 0.6 is 0 Å². The summed E-state index contributed by atoms with van der Waals surface area (Å²) in [5.74, 6) is 0.877. The number of methoxy groups -OCH3 is 1. The molecular weight excluding hydrogens is 280 g/mol. The summed E-state index contributed by atoms with van der Waals surface area (Å²) >= 11 is 0. The zero-order chi connectivity index (χ0) is 16.1. The fourth-order valence-corrected chi connectivity index (χ4v) is 2.79. The van der Waals surface area contributed by atoms with Gasteiger partial charge in [-0.3, -0.25) is 0 Å². The third kappa shape index (κ3) is 3.35. The van der Waals surface area contributed by atoms with Crippen molar-refractivity contribution in [3.63, 3.8) is 0 Å². The van der Waals surface area contributed by atoms with Gasteiger partial charge in [-0.25, -0.2) is 0 Å². The summed E-state index contributed by atoms with van der Waals surface area (Å²) in [4.78, 5) is 0. The van der Waals surface area contributed by atoms with Crippen molar-refractivity contribution in [2.75, 3.05) is 7.11 Å². The molecule has 0 heterocycles.